The molecule has 1 aliphatic carbocycles. The molecule has 3 rings (SSSR count). The number of anilines is 1. The van der Waals surface area contributed by atoms with Crippen molar-refractivity contribution in [1.29, 1.82) is 0 Å². The van der Waals surface area contributed by atoms with Gasteiger partial charge in [-0.2, -0.15) is 13.2 Å². The van der Waals surface area contributed by atoms with Gasteiger partial charge in [0.2, 0.25) is 11.8 Å². The van der Waals surface area contributed by atoms with Gasteiger partial charge in [0.15, 0.2) is 0 Å². The second-order valence-electron chi connectivity index (χ2n) is 6.93. The molecule has 2 unspecified atom stereocenters. The number of urea groups is 1. The Bertz CT molecular complexity index is 735. The zero-order valence-corrected chi connectivity index (χ0v) is 14.5. The summed E-state index contributed by atoms with van der Waals surface area (Å²) in [5.41, 5.74) is 1.06. The first-order valence-electron chi connectivity index (χ1n) is 8.79. The van der Waals surface area contributed by atoms with E-state index in [9.17, 15) is 27.6 Å². The number of imide groups is 1. The van der Waals surface area contributed by atoms with E-state index in [0.29, 0.717) is 24.1 Å². The van der Waals surface area contributed by atoms with E-state index in [0.717, 1.165) is 4.90 Å². The summed E-state index contributed by atoms with van der Waals surface area (Å²) >= 11 is 0. The van der Waals surface area contributed by atoms with E-state index in [2.05, 4.69) is 10.6 Å². The summed E-state index contributed by atoms with van der Waals surface area (Å²) in [6.45, 7) is 0.0191. The van der Waals surface area contributed by atoms with Crippen molar-refractivity contribution in [3.63, 3.8) is 0 Å². The molecule has 0 spiro atoms. The molecular formula is C18H20F3N3O3. The van der Waals surface area contributed by atoms with E-state index < -0.39 is 30.0 Å². The lowest BCUT2D eigenvalue weighted by atomic mass is 9.80. The number of carbonyl (C=O) groups is 3. The molecule has 0 aromatic heterocycles. The Morgan fingerprint density at radius 3 is 2.70 bits per heavy atom. The zero-order valence-electron chi connectivity index (χ0n) is 14.5. The monoisotopic (exact) mass is 383 g/mol. The first-order valence-corrected chi connectivity index (χ1v) is 8.79. The second kappa shape index (κ2) is 7.58. The fourth-order valence-electron chi connectivity index (χ4n) is 3.51. The predicted molar refractivity (Wildman–Crippen MR) is 90.5 cm³/mol. The van der Waals surface area contributed by atoms with Crippen molar-refractivity contribution < 1.29 is 27.6 Å². The first-order chi connectivity index (χ1) is 12.7. The Morgan fingerprint density at radius 1 is 1.26 bits per heavy atom. The summed E-state index contributed by atoms with van der Waals surface area (Å²) in [4.78, 5) is 36.7. The molecule has 6 nitrogen and oxygen atoms in total. The molecule has 2 aliphatic rings. The maximum Gasteiger partial charge on any atom is 0.391 e. The summed E-state index contributed by atoms with van der Waals surface area (Å²) in [5.74, 6) is -2.89. The molecule has 1 heterocycles. The maximum atomic E-state index is 12.9. The Morgan fingerprint density at radius 2 is 2.04 bits per heavy atom. The minimum atomic E-state index is -4.28. The fourth-order valence-corrected chi connectivity index (χ4v) is 3.51. The third-order valence-electron chi connectivity index (χ3n) is 4.98. The summed E-state index contributed by atoms with van der Waals surface area (Å²) in [7, 11) is 0. The van der Waals surface area contributed by atoms with Crippen LogP contribution in [0.25, 0.3) is 0 Å². The van der Waals surface area contributed by atoms with Gasteiger partial charge in [0.25, 0.3) is 0 Å². The van der Waals surface area contributed by atoms with E-state index in [4.69, 9.17) is 0 Å². The SMILES string of the molecule is O=C(Nc1cccc(CN2C(=O)CNC2=O)c1)C1CCCC(C(F)(F)F)C1. The number of amides is 4. The number of hydrogen-bond acceptors (Lipinski definition) is 3. The third-order valence-corrected chi connectivity index (χ3v) is 4.98. The van der Waals surface area contributed by atoms with E-state index in [1.807, 2.05) is 0 Å². The van der Waals surface area contributed by atoms with Crippen LogP contribution in [0.3, 0.4) is 0 Å². The van der Waals surface area contributed by atoms with Gasteiger partial charge in [0, 0.05) is 11.6 Å². The van der Waals surface area contributed by atoms with Gasteiger partial charge in [0.1, 0.15) is 0 Å². The van der Waals surface area contributed by atoms with Crippen molar-refractivity contribution in [3.05, 3.63) is 29.8 Å². The van der Waals surface area contributed by atoms with Crippen LogP contribution in [0.2, 0.25) is 0 Å². The van der Waals surface area contributed by atoms with Gasteiger partial charge < -0.3 is 10.6 Å². The number of benzene rings is 1. The van der Waals surface area contributed by atoms with E-state index in [1.54, 1.807) is 24.3 Å². The summed E-state index contributed by atoms with van der Waals surface area (Å²) < 4.78 is 38.8. The average Bonchev–Trinajstić information content (AvgIpc) is 2.93. The highest BCUT2D eigenvalue weighted by molar-refractivity contribution is 6.01. The molecule has 0 radical (unpaired) electrons. The van der Waals surface area contributed by atoms with Crippen LogP contribution in [0, 0.1) is 11.8 Å². The van der Waals surface area contributed by atoms with Crippen LogP contribution in [0.4, 0.5) is 23.7 Å². The van der Waals surface area contributed by atoms with Crippen LogP contribution in [-0.4, -0.2) is 35.5 Å². The molecule has 2 atom stereocenters. The van der Waals surface area contributed by atoms with Crippen molar-refractivity contribution in [2.24, 2.45) is 11.8 Å². The Balaban J connectivity index is 1.63. The lowest BCUT2D eigenvalue weighted by Crippen LogP contribution is -2.34. The minimum absolute atomic E-state index is 0.0443. The van der Waals surface area contributed by atoms with Crippen LogP contribution in [0.15, 0.2) is 24.3 Å². The summed E-state index contributed by atoms with van der Waals surface area (Å²) in [6, 6.07) is 6.12. The maximum absolute atomic E-state index is 12.9. The van der Waals surface area contributed by atoms with Crippen molar-refractivity contribution in [1.82, 2.24) is 10.2 Å². The minimum Gasteiger partial charge on any atom is -0.329 e. The molecule has 4 amide bonds. The number of alkyl halides is 3. The van der Waals surface area contributed by atoms with Crippen molar-refractivity contribution in [2.45, 2.75) is 38.4 Å². The lowest BCUT2D eigenvalue weighted by Gasteiger charge is -2.29. The highest BCUT2D eigenvalue weighted by Crippen LogP contribution is 2.40. The van der Waals surface area contributed by atoms with E-state index in [1.165, 1.54) is 0 Å². The van der Waals surface area contributed by atoms with Crippen LogP contribution in [-0.2, 0) is 16.1 Å². The van der Waals surface area contributed by atoms with Gasteiger partial charge in [-0.1, -0.05) is 18.6 Å². The van der Waals surface area contributed by atoms with Crippen LogP contribution >= 0.6 is 0 Å². The number of carbonyl (C=O) groups excluding carboxylic acids is 3. The molecule has 9 heteroatoms. The number of rotatable bonds is 4. The molecule has 0 bridgehead atoms. The largest absolute Gasteiger partial charge is 0.391 e. The second-order valence-corrected chi connectivity index (χ2v) is 6.93. The average molecular weight is 383 g/mol. The van der Waals surface area contributed by atoms with Gasteiger partial charge in [-0.3, -0.25) is 14.5 Å². The molecule has 1 aromatic rings. The molecule has 1 saturated carbocycles. The standard InChI is InChI=1S/C18H20F3N3O3/c19-18(20,21)13-5-2-4-12(8-13)16(26)23-14-6-1-3-11(7-14)10-24-15(25)9-22-17(24)27/h1,3,6-7,12-13H,2,4-5,8-10H2,(H,22,27)(H,23,26). The molecule has 2 fully saturated rings. The molecular weight excluding hydrogens is 363 g/mol. The Labute approximate surface area is 154 Å². The molecule has 2 N–H and O–H groups in total. The van der Waals surface area contributed by atoms with E-state index >= 15 is 0 Å². The molecule has 146 valence electrons. The quantitative estimate of drug-likeness (QED) is 0.785. The lowest BCUT2D eigenvalue weighted by molar-refractivity contribution is -0.185. The van der Waals surface area contributed by atoms with Crippen molar-refractivity contribution >= 4 is 23.5 Å². The van der Waals surface area contributed by atoms with Crippen molar-refractivity contribution in [2.75, 3.05) is 11.9 Å². The zero-order chi connectivity index (χ0) is 19.6. The smallest absolute Gasteiger partial charge is 0.329 e. The number of nitrogens with one attached hydrogen (secondary N) is 2. The number of hydrogen-bond donors (Lipinski definition) is 2. The van der Waals surface area contributed by atoms with Gasteiger partial charge in [-0.25, -0.2) is 4.79 Å². The summed E-state index contributed by atoms with van der Waals surface area (Å²) in [6.07, 6.45) is -3.61. The predicted octanol–water partition coefficient (Wildman–Crippen LogP) is 3.05. The van der Waals surface area contributed by atoms with Gasteiger partial charge in [-0.05, 0) is 37.0 Å². The fraction of sp³-hybridized carbons (Fsp3) is 0.500. The van der Waals surface area contributed by atoms with Crippen LogP contribution in [0.5, 0.6) is 0 Å². The van der Waals surface area contributed by atoms with Gasteiger partial charge >= 0.3 is 12.2 Å². The van der Waals surface area contributed by atoms with Crippen molar-refractivity contribution in [3.8, 4) is 0 Å². The highest BCUT2D eigenvalue weighted by Gasteiger charge is 2.43. The van der Waals surface area contributed by atoms with E-state index in [-0.39, 0.29) is 31.8 Å². The molecule has 27 heavy (non-hydrogen) atoms. The van der Waals surface area contributed by atoms with Crippen LogP contribution in [0.1, 0.15) is 31.2 Å². The topological polar surface area (TPSA) is 78.5 Å². The molecule has 1 aliphatic heterocycles. The number of halogens is 3. The van der Waals surface area contributed by atoms with Gasteiger partial charge in [0.05, 0.1) is 19.0 Å². The normalized spacial score (nSPS) is 23.3. The first kappa shape index (κ1) is 19.2. The highest BCUT2D eigenvalue weighted by atomic mass is 19.4. The summed E-state index contributed by atoms with van der Waals surface area (Å²) in [5, 5.41) is 5.08. The molecule has 1 saturated heterocycles. The Hall–Kier alpha value is -2.58. The van der Waals surface area contributed by atoms with Gasteiger partial charge in [-0.15, -0.1) is 0 Å². The number of nitrogens with zero attached hydrogens (tertiary/aromatic N) is 1. The third kappa shape index (κ3) is 4.58. The Kier molecular flexibility index (Phi) is 5.38. The molecule has 1 aromatic carbocycles. The van der Waals surface area contributed by atoms with Crippen LogP contribution < -0.4 is 10.6 Å².